The minimum atomic E-state index is -0.0613. The number of rotatable bonds is 5. The molecule has 0 unspecified atom stereocenters. The lowest BCUT2D eigenvalue weighted by molar-refractivity contribution is -0.149. The lowest BCUT2D eigenvalue weighted by Crippen LogP contribution is -2.36. The van der Waals surface area contributed by atoms with Crippen LogP contribution in [0.1, 0.15) is 32.3 Å². The quantitative estimate of drug-likeness (QED) is 0.849. The van der Waals surface area contributed by atoms with Gasteiger partial charge in [-0.1, -0.05) is 12.1 Å². The van der Waals surface area contributed by atoms with Crippen molar-refractivity contribution in [3.8, 4) is 0 Å². The zero-order valence-electron chi connectivity index (χ0n) is 13.3. The van der Waals surface area contributed by atoms with Gasteiger partial charge in [0.15, 0.2) is 0 Å². The lowest BCUT2D eigenvalue weighted by atomic mass is 9.96. The van der Waals surface area contributed by atoms with Gasteiger partial charge in [-0.3, -0.25) is 14.5 Å². The number of nitrogens with zero attached hydrogens (tertiary/aromatic N) is 1. The molecule has 1 aliphatic heterocycles. The van der Waals surface area contributed by atoms with Crippen molar-refractivity contribution in [3.63, 3.8) is 0 Å². The number of anilines is 1. The fourth-order valence-electron chi connectivity index (χ4n) is 2.74. The average Bonchev–Trinajstić information content (AvgIpc) is 2.50. The van der Waals surface area contributed by atoms with E-state index in [9.17, 15) is 9.59 Å². The van der Waals surface area contributed by atoms with Gasteiger partial charge in [0.05, 0.1) is 12.5 Å². The molecule has 1 N–H and O–H groups in total. The standard InChI is InChI=1S/C17H24N2O3/c1-3-22-17(21)15-8-10-19(11-9-15)12-14-4-6-16(7-5-14)18-13(2)20/h4-7,15H,3,8-12H2,1-2H3,(H,18,20). The van der Waals surface area contributed by atoms with Gasteiger partial charge in [-0.2, -0.15) is 0 Å². The Morgan fingerprint density at radius 1 is 1.23 bits per heavy atom. The van der Waals surface area contributed by atoms with Crippen LogP contribution >= 0.6 is 0 Å². The van der Waals surface area contributed by atoms with E-state index in [2.05, 4.69) is 10.2 Å². The number of likely N-dealkylation sites (tertiary alicyclic amines) is 1. The minimum Gasteiger partial charge on any atom is -0.466 e. The Morgan fingerprint density at radius 3 is 2.41 bits per heavy atom. The lowest BCUT2D eigenvalue weighted by Gasteiger charge is -2.30. The monoisotopic (exact) mass is 304 g/mol. The van der Waals surface area contributed by atoms with E-state index in [0.717, 1.165) is 38.2 Å². The summed E-state index contributed by atoms with van der Waals surface area (Å²) < 4.78 is 5.09. The van der Waals surface area contributed by atoms with E-state index >= 15 is 0 Å². The zero-order valence-corrected chi connectivity index (χ0v) is 13.3. The Kier molecular flexibility index (Phi) is 5.95. The number of hydrogen-bond acceptors (Lipinski definition) is 4. The molecule has 5 nitrogen and oxygen atoms in total. The van der Waals surface area contributed by atoms with E-state index in [0.29, 0.717) is 6.61 Å². The summed E-state index contributed by atoms with van der Waals surface area (Å²) >= 11 is 0. The number of esters is 1. The van der Waals surface area contributed by atoms with E-state index in [1.165, 1.54) is 12.5 Å². The second kappa shape index (κ2) is 7.94. The van der Waals surface area contributed by atoms with Crippen molar-refractivity contribution >= 4 is 17.6 Å². The second-order valence-corrected chi connectivity index (χ2v) is 5.68. The van der Waals surface area contributed by atoms with Crippen LogP contribution in [0.25, 0.3) is 0 Å². The highest BCUT2D eigenvalue weighted by Crippen LogP contribution is 2.20. The molecule has 0 saturated carbocycles. The van der Waals surface area contributed by atoms with Crippen molar-refractivity contribution in [3.05, 3.63) is 29.8 Å². The van der Waals surface area contributed by atoms with Crippen LogP contribution < -0.4 is 5.32 Å². The summed E-state index contributed by atoms with van der Waals surface area (Å²) in [5.41, 5.74) is 2.03. The highest BCUT2D eigenvalue weighted by molar-refractivity contribution is 5.88. The Labute approximate surface area is 131 Å². The fourth-order valence-corrected chi connectivity index (χ4v) is 2.74. The normalized spacial score (nSPS) is 16.3. The maximum atomic E-state index is 11.7. The SMILES string of the molecule is CCOC(=O)C1CCN(Cc2ccc(NC(C)=O)cc2)CC1. The summed E-state index contributed by atoms with van der Waals surface area (Å²) in [6, 6.07) is 7.90. The number of piperidine rings is 1. The molecule has 1 aliphatic rings. The smallest absolute Gasteiger partial charge is 0.309 e. The average molecular weight is 304 g/mol. The number of nitrogens with one attached hydrogen (secondary N) is 1. The van der Waals surface area contributed by atoms with Gasteiger partial charge in [0, 0.05) is 19.2 Å². The molecule has 1 aromatic rings. The van der Waals surface area contributed by atoms with Crippen LogP contribution in [-0.2, 0) is 20.9 Å². The number of benzene rings is 1. The van der Waals surface area contributed by atoms with Gasteiger partial charge in [-0.15, -0.1) is 0 Å². The predicted octanol–water partition coefficient (Wildman–Crippen LogP) is 2.42. The van der Waals surface area contributed by atoms with E-state index in [4.69, 9.17) is 4.74 Å². The molecule has 1 aromatic carbocycles. The van der Waals surface area contributed by atoms with Crippen LogP contribution in [0, 0.1) is 5.92 Å². The van der Waals surface area contributed by atoms with Crippen molar-refractivity contribution in [1.82, 2.24) is 4.90 Å². The Balaban J connectivity index is 1.80. The van der Waals surface area contributed by atoms with Gasteiger partial charge in [-0.05, 0) is 50.6 Å². The number of carbonyl (C=O) groups is 2. The Hall–Kier alpha value is -1.88. The van der Waals surface area contributed by atoms with E-state index in [1.807, 2.05) is 31.2 Å². The maximum Gasteiger partial charge on any atom is 0.309 e. The van der Waals surface area contributed by atoms with Crippen molar-refractivity contribution in [2.24, 2.45) is 5.92 Å². The van der Waals surface area contributed by atoms with Gasteiger partial charge < -0.3 is 10.1 Å². The van der Waals surface area contributed by atoms with E-state index < -0.39 is 0 Å². The largest absolute Gasteiger partial charge is 0.466 e. The van der Waals surface area contributed by atoms with Crippen LogP contribution in [0.3, 0.4) is 0 Å². The molecule has 0 spiro atoms. The van der Waals surface area contributed by atoms with Crippen LogP contribution in [0.2, 0.25) is 0 Å². The molecule has 0 atom stereocenters. The third kappa shape index (κ3) is 4.84. The van der Waals surface area contributed by atoms with Gasteiger partial charge in [0.1, 0.15) is 0 Å². The molecule has 120 valence electrons. The maximum absolute atomic E-state index is 11.7. The molecule has 0 aromatic heterocycles. The fraction of sp³-hybridized carbons (Fsp3) is 0.529. The first kappa shape index (κ1) is 16.5. The summed E-state index contributed by atoms with van der Waals surface area (Å²) in [5, 5.41) is 2.76. The third-order valence-electron chi connectivity index (χ3n) is 3.89. The van der Waals surface area contributed by atoms with Crippen LogP contribution in [0.5, 0.6) is 0 Å². The molecule has 1 amide bonds. The third-order valence-corrected chi connectivity index (χ3v) is 3.89. The molecule has 0 bridgehead atoms. The van der Waals surface area contributed by atoms with Gasteiger partial charge >= 0.3 is 5.97 Å². The van der Waals surface area contributed by atoms with E-state index in [-0.39, 0.29) is 17.8 Å². The predicted molar refractivity (Wildman–Crippen MR) is 85.4 cm³/mol. The number of hydrogen-bond donors (Lipinski definition) is 1. The van der Waals surface area contributed by atoms with Crippen LogP contribution in [0.4, 0.5) is 5.69 Å². The number of ether oxygens (including phenoxy) is 1. The molecule has 5 heteroatoms. The highest BCUT2D eigenvalue weighted by Gasteiger charge is 2.25. The number of amides is 1. The first-order valence-electron chi connectivity index (χ1n) is 7.84. The first-order chi connectivity index (χ1) is 10.6. The van der Waals surface area contributed by atoms with Crippen molar-refractivity contribution in [2.75, 3.05) is 25.0 Å². The second-order valence-electron chi connectivity index (χ2n) is 5.68. The molecule has 1 heterocycles. The summed E-state index contributed by atoms with van der Waals surface area (Å²) in [4.78, 5) is 25.1. The van der Waals surface area contributed by atoms with Gasteiger partial charge in [-0.25, -0.2) is 0 Å². The summed E-state index contributed by atoms with van der Waals surface area (Å²) in [6.07, 6.45) is 1.73. The minimum absolute atomic E-state index is 0.0539. The summed E-state index contributed by atoms with van der Waals surface area (Å²) in [5.74, 6) is -0.0612. The van der Waals surface area contributed by atoms with Crippen LogP contribution in [0.15, 0.2) is 24.3 Å². The molecule has 1 fully saturated rings. The van der Waals surface area contributed by atoms with E-state index in [1.54, 1.807) is 0 Å². The molecular formula is C17H24N2O3. The van der Waals surface area contributed by atoms with Gasteiger partial charge in [0.2, 0.25) is 5.91 Å². The first-order valence-corrected chi connectivity index (χ1v) is 7.84. The Bertz CT molecular complexity index is 505. The molecule has 2 rings (SSSR count). The molecule has 0 aliphatic carbocycles. The summed E-state index contributed by atoms with van der Waals surface area (Å²) in [6.45, 7) is 6.50. The molecule has 22 heavy (non-hydrogen) atoms. The highest BCUT2D eigenvalue weighted by atomic mass is 16.5. The molecule has 1 saturated heterocycles. The molecule has 0 radical (unpaired) electrons. The van der Waals surface area contributed by atoms with Crippen molar-refractivity contribution < 1.29 is 14.3 Å². The van der Waals surface area contributed by atoms with Crippen molar-refractivity contribution in [1.29, 1.82) is 0 Å². The van der Waals surface area contributed by atoms with Gasteiger partial charge in [0.25, 0.3) is 0 Å². The Morgan fingerprint density at radius 2 is 1.86 bits per heavy atom. The molecular weight excluding hydrogens is 280 g/mol. The van der Waals surface area contributed by atoms with Crippen LogP contribution in [-0.4, -0.2) is 36.5 Å². The topological polar surface area (TPSA) is 58.6 Å². The summed E-state index contributed by atoms with van der Waals surface area (Å²) in [7, 11) is 0. The number of carbonyl (C=O) groups excluding carboxylic acids is 2. The zero-order chi connectivity index (χ0) is 15.9. The van der Waals surface area contributed by atoms with Crippen molar-refractivity contribution in [2.45, 2.75) is 33.2 Å².